The van der Waals surface area contributed by atoms with Gasteiger partial charge in [-0.2, -0.15) is 0 Å². The number of halogens is 1. The number of anilines is 1. The molecule has 156 valence electrons. The molecule has 1 aliphatic heterocycles. The standard InChI is InChI=1S/C20H30N4O3.HI/c1-20(2,3)24-18(25)13-22-19(21-12-14-5-6-14)23-15-7-8-16-17(11-15)27-10-4-9-26-16;/h7-8,11,14H,4-6,9-10,12-13H2,1-3H3,(H,24,25)(H2,21,22,23);1H. The molecule has 7 nitrogen and oxygen atoms in total. The fraction of sp³-hybridized carbons (Fsp3) is 0.600. The highest BCUT2D eigenvalue weighted by atomic mass is 127. The van der Waals surface area contributed by atoms with Crippen molar-refractivity contribution < 1.29 is 14.3 Å². The number of hydrogen-bond donors (Lipinski definition) is 3. The van der Waals surface area contributed by atoms with Crippen molar-refractivity contribution in [3.63, 3.8) is 0 Å². The molecular weight excluding hydrogens is 471 g/mol. The maximum absolute atomic E-state index is 12.1. The van der Waals surface area contributed by atoms with E-state index in [2.05, 4.69) is 20.9 Å². The first kappa shape index (κ1) is 22.6. The lowest BCUT2D eigenvalue weighted by Gasteiger charge is -2.20. The second-order valence-corrected chi connectivity index (χ2v) is 8.12. The van der Waals surface area contributed by atoms with Crippen LogP contribution in [-0.2, 0) is 4.79 Å². The van der Waals surface area contributed by atoms with Gasteiger partial charge in [-0.05, 0) is 51.7 Å². The Hall–Kier alpha value is -1.71. The molecule has 0 spiro atoms. The molecule has 2 aliphatic rings. The van der Waals surface area contributed by atoms with Crippen LogP contribution < -0.4 is 25.4 Å². The summed E-state index contributed by atoms with van der Waals surface area (Å²) < 4.78 is 11.4. The van der Waals surface area contributed by atoms with Gasteiger partial charge < -0.3 is 25.4 Å². The molecule has 0 atom stereocenters. The highest BCUT2D eigenvalue weighted by molar-refractivity contribution is 14.0. The monoisotopic (exact) mass is 502 g/mol. The predicted molar refractivity (Wildman–Crippen MR) is 122 cm³/mol. The number of rotatable bonds is 5. The van der Waals surface area contributed by atoms with E-state index >= 15 is 0 Å². The normalized spacial score (nSPS) is 16.5. The van der Waals surface area contributed by atoms with Crippen molar-refractivity contribution in [1.82, 2.24) is 10.6 Å². The highest BCUT2D eigenvalue weighted by Crippen LogP contribution is 2.32. The van der Waals surface area contributed by atoms with Crippen LogP contribution in [0, 0.1) is 5.92 Å². The average Bonchev–Trinajstić information content (AvgIpc) is 3.42. The average molecular weight is 502 g/mol. The van der Waals surface area contributed by atoms with Crippen molar-refractivity contribution in [3.05, 3.63) is 18.2 Å². The van der Waals surface area contributed by atoms with Gasteiger partial charge in [0, 0.05) is 30.3 Å². The Balaban J connectivity index is 0.00000280. The first-order valence-corrected chi connectivity index (χ1v) is 9.65. The van der Waals surface area contributed by atoms with Crippen LogP contribution in [0.4, 0.5) is 5.69 Å². The van der Waals surface area contributed by atoms with Gasteiger partial charge >= 0.3 is 0 Å². The Labute approximate surface area is 184 Å². The SMILES string of the molecule is CC(C)(C)NC(=O)CN=C(NCC1CC1)Nc1ccc2c(c1)OCCCO2.I. The van der Waals surface area contributed by atoms with Gasteiger partial charge in [0.1, 0.15) is 6.54 Å². The summed E-state index contributed by atoms with van der Waals surface area (Å²) in [5, 5.41) is 9.53. The van der Waals surface area contributed by atoms with Crippen LogP contribution in [0.2, 0.25) is 0 Å². The zero-order valence-electron chi connectivity index (χ0n) is 16.8. The number of benzene rings is 1. The third kappa shape index (κ3) is 7.73. The quantitative estimate of drug-likeness (QED) is 0.328. The van der Waals surface area contributed by atoms with Gasteiger partial charge in [0.2, 0.25) is 5.91 Å². The summed E-state index contributed by atoms with van der Waals surface area (Å²) in [5.41, 5.74) is 0.577. The van der Waals surface area contributed by atoms with Crippen LogP contribution in [0.1, 0.15) is 40.0 Å². The van der Waals surface area contributed by atoms with Gasteiger partial charge in [0.15, 0.2) is 17.5 Å². The molecule has 1 aromatic carbocycles. The molecule has 0 radical (unpaired) electrons. The Morgan fingerprint density at radius 1 is 1.18 bits per heavy atom. The Bertz CT molecular complexity index is 699. The van der Waals surface area contributed by atoms with Gasteiger partial charge in [-0.3, -0.25) is 4.79 Å². The minimum atomic E-state index is -0.268. The second kappa shape index (κ2) is 10.2. The topological polar surface area (TPSA) is 84.0 Å². The van der Waals surface area contributed by atoms with Crippen LogP contribution in [0.3, 0.4) is 0 Å². The molecule has 1 heterocycles. The lowest BCUT2D eigenvalue weighted by Crippen LogP contribution is -2.42. The van der Waals surface area contributed by atoms with E-state index in [1.165, 1.54) is 12.8 Å². The summed E-state index contributed by atoms with van der Waals surface area (Å²) in [7, 11) is 0. The van der Waals surface area contributed by atoms with Gasteiger partial charge in [-0.1, -0.05) is 0 Å². The summed E-state index contributed by atoms with van der Waals surface area (Å²) in [5.74, 6) is 2.68. The number of fused-ring (bicyclic) bond motifs is 1. The first-order chi connectivity index (χ1) is 12.9. The third-order valence-electron chi connectivity index (χ3n) is 4.16. The van der Waals surface area contributed by atoms with E-state index in [-0.39, 0.29) is 42.0 Å². The summed E-state index contributed by atoms with van der Waals surface area (Å²) >= 11 is 0. The largest absolute Gasteiger partial charge is 0.490 e. The number of nitrogens with zero attached hydrogens (tertiary/aromatic N) is 1. The number of ether oxygens (including phenoxy) is 2. The molecule has 0 aromatic heterocycles. The van der Waals surface area contributed by atoms with Crippen molar-refractivity contribution in [2.45, 2.75) is 45.6 Å². The Morgan fingerprint density at radius 2 is 1.89 bits per heavy atom. The van der Waals surface area contributed by atoms with E-state index in [9.17, 15) is 4.79 Å². The molecule has 1 fully saturated rings. The van der Waals surface area contributed by atoms with Crippen molar-refractivity contribution in [2.24, 2.45) is 10.9 Å². The molecule has 0 saturated heterocycles. The van der Waals surface area contributed by atoms with Crippen LogP contribution in [0.25, 0.3) is 0 Å². The van der Waals surface area contributed by atoms with Crippen LogP contribution in [-0.4, -0.2) is 43.7 Å². The van der Waals surface area contributed by atoms with E-state index in [0.717, 1.165) is 30.2 Å². The van der Waals surface area contributed by atoms with Crippen molar-refractivity contribution in [1.29, 1.82) is 0 Å². The summed E-state index contributed by atoms with van der Waals surface area (Å²) in [4.78, 5) is 16.5. The first-order valence-electron chi connectivity index (χ1n) is 9.65. The molecule has 8 heteroatoms. The highest BCUT2D eigenvalue weighted by Gasteiger charge is 2.21. The Kier molecular flexibility index (Phi) is 8.21. The van der Waals surface area contributed by atoms with Crippen molar-refractivity contribution in [2.75, 3.05) is 31.6 Å². The molecular formula is C20H31IN4O3. The number of carbonyl (C=O) groups excluding carboxylic acids is 1. The second-order valence-electron chi connectivity index (χ2n) is 8.12. The summed E-state index contributed by atoms with van der Waals surface area (Å²) in [6.07, 6.45) is 3.36. The Morgan fingerprint density at radius 3 is 2.57 bits per heavy atom. The van der Waals surface area contributed by atoms with Gasteiger partial charge in [-0.15, -0.1) is 24.0 Å². The summed E-state index contributed by atoms with van der Waals surface area (Å²) in [6, 6.07) is 5.73. The molecule has 0 bridgehead atoms. The molecule has 1 saturated carbocycles. The molecule has 3 rings (SSSR count). The van der Waals surface area contributed by atoms with E-state index in [0.29, 0.717) is 25.1 Å². The van der Waals surface area contributed by atoms with Gasteiger partial charge in [0.25, 0.3) is 0 Å². The zero-order chi connectivity index (χ0) is 19.3. The fourth-order valence-electron chi connectivity index (χ4n) is 2.69. The number of guanidine groups is 1. The lowest BCUT2D eigenvalue weighted by atomic mass is 10.1. The minimum absolute atomic E-state index is 0. The lowest BCUT2D eigenvalue weighted by molar-refractivity contribution is -0.121. The molecule has 1 aromatic rings. The van der Waals surface area contributed by atoms with Crippen LogP contribution in [0.5, 0.6) is 11.5 Å². The summed E-state index contributed by atoms with van der Waals surface area (Å²) in [6.45, 7) is 8.10. The minimum Gasteiger partial charge on any atom is -0.490 e. The number of aliphatic imine (C=N–C) groups is 1. The number of nitrogens with one attached hydrogen (secondary N) is 3. The van der Waals surface area contributed by atoms with E-state index in [1.807, 2.05) is 39.0 Å². The molecule has 1 amide bonds. The predicted octanol–water partition coefficient (Wildman–Crippen LogP) is 3.15. The smallest absolute Gasteiger partial charge is 0.242 e. The van der Waals surface area contributed by atoms with E-state index in [4.69, 9.17) is 9.47 Å². The van der Waals surface area contributed by atoms with E-state index in [1.54, 1.807) is 0 Å². The molecule has 1 aliphatic carbocycles. The number of carbonyl (C=O) groups is 1. The van der Waals surface area contributed by atoms with Crippen molar-refractivity contribution >= 4 is 41.5 Å². The van der Waals surface area contributed by atoms with Gasteiger partial charge in [0.05, 0.1) is 13.2 Å². The third-order valence-corrected chi connectivity index (χ3v) is 4.16. The van der Waals surface area contributed by atoms with Crippen LogP contribution in [0.15, 0.2) is 23.2 Å². The molecule has 3 N–H and O–H groups in total. The zero-order valence-corrected chi connectivity index (χ0v) is 19.2. The van der Waals surface area contributed by atoms with Crippen LogP contribution >= 0.6 is 24.0 Å². The maximum atomic E-state index is 12.1. The number of amides is 1. The maximum Gasteiger partial charge on any atom is 0.242 e. The van der Waals surface area contributed by atoms with Crippen molar-refractivity contribution in [3.8, 4) is 11.5 Å². The molecule has 28 heavy (non-hydrogen) atoms. The number of hydrogen-bond acceptors (Lipinski definition) is 4. The van der Waals surface area contributed by atoms with Gasteiger partial charge in [-0.25, -0.2) is 4.99 Å². The molecule has 0 unspecified atom stereocenters. The van der Waals surface area contributed by atoms with E-state index < -0.39 is 0 Å². The fourth-order valence-corrected chi connectivity index (χ4v) is 2.69.